The van der Waals surface area contributed by atoms with Crippen LogP contribution in [0.25, 0.3) is 0 Å². The maximum absolute atomic E-state index is 10.7. The van der Waals surface area contributed by atoms with E-state index in [1.54, 1.807) is 6.08 Å². The molecule has 1 fully saturated rings. The average Bonchev–Trinajstić information content (AvgIpc) is 2.18. The lowest BCUT2D eigenvalue weighted by Crippen LogP contribution is -2.05. The molecule has 9 heavy (non-hydrogen) atoms. The van der Waals surface area contributed by atoms with Crippen LogP contribution in [-0.4, -0.2) is 12.6 Å². The number of rotatable bonds is 2. The monoisotopic (exact) mass is 126 g/mol. The molecule has 50 valence electrons. The SMILES string of the molecule is C=CC[C@H]1CCOC1=O. The number of allylic oxidation sites excluding steroid dienone is 1. The molecule has 2 nitrogen and oxygen atoms in total. The molecular weight excluding hydrogens is 116 g/mol. The fourth-order valence-corrected chi connectivity index (χ4v) is 0.953. The van der Waals surface area contributed by atoms with Crippen LogP contribution in [-0.2, 0) is 9.53 Å². The van der Waals surface area contributed by atoms with Crippen molar-refractivity contribution in [1.29, 1.82) is 0 Å². The third-order valence-corrected chi connectivity index (χ3v) is 1.50. The summed E-state index contributed by atoms with van der Waals surface area (Å²) in [5.74, 6) is 0.0393. The minimum absolute atomic E-state index is 0.0603. The summed E-state index contributed by atoms with van der Waals surface area (Å²) in [5.41, 5.74) is 0. The molecule has 1 rings (SSSR count). The lowest BCUT2D eigenvalue weighted by molar-refractivity contribution is -0.141. The summed E-state index contributed by atoms with van der Waals surface area (Å²) in [5, 5.41) is 0. The van der Waals surface area contributed by atoms with Gasteiger partial charge in [0, 0.05) is 0 Å². The van der Waals surface area contributed by atoms with Crippen LogP contribution in [0.2, 0.25) is 0 Å². The normalized spacial score (nSPS) is 25.8. The zero-order chi connectivity index (χ0) is 6.69. The minimum Gasteiger partial charge on any atom is -0.465 e. The van der Waals surface area contributed by atoms with Gasteiger partial charge in [0.1, 0.15) is 0 Å². The van der Waals surface area contributed by atoms with Crippen molar-refractivity contribution >= 4 is 5.97 Å². The highest BCUT2D eigenvalue weighted by Gasteiger charge is 2.24. The van der Waals surface area contributed by atoms with Gasteiger partial charge in [0.05, 0.1) is 12.5 Å². The van der Waals surface area contributed by atoms with Crippen molar-refractivity contribution in [3.8, 4) is 0 Å². The Balaban J connectivity index is 2.39. The maximum atomic E-state index is 10.7. The van der Waals surface area contributed by atoms with E-state index in [1.165, 1.54) is 0 Å². The molecule has 0 aromatic carbocycles. The summed E-state index contributed by atoms with van der Waals surface area (Å²) in [6.07, 6.45) is 3.39. The molecule has 1 aliphatic heterocycles. The molecule has 0 bridgehead atoms. The van der Waals surface area contributed by atoms with E-state index in [0.717, 1.165) is 12.8 Å². The summed E-state index contributed by atoms with van der Waals surface area (Å²) in [4.78, 5) is 10.7. The van der Waals surface area contributed by atoms with Gasteiger partial charge in [0.2, 0.25) is 0 Å². The van der Waals surface area contributed by atoms with Crippen molar-refractivity contribution < 1.29 is 9.53 Å². The lowest BCUT2D eigenvalue weighted by Gasteiger charge is -1.96. The molecule has 0 aliphatic carbocycles. The topological polar surface area (TPSA) is 26.3 Å². The van der Waals surface area contributed by atoms with E-state index in [0.29, 0.717) is 6.61 Å². The van der Waals surface area contributed by atoms with Crippen LogP contribution in [0.4, 0.5) is 0 Å². The van der Waals surface area contributed by atoms with Crippen molar-refractivity contribution in [2.75, 3.05) is 6.61 Å². The van der Waals surface area contributed by atoms with Crippen molar-refractivity contribution in [2.45, 2.75) is 12.8 Å². The molecule has 1 aliphatic rings. The van der Waals surface area contributed by atoms with Crippen molar-refractivity contribution in [2.24, 2.45) is 5.92 Å². The molecule has 2 heteroatoms. The molecular formula is C7H10O2. The van der Waals surface area contributed by atoms with E-state index in [1.807, 2.05) is 0 Å². The Hall–Kier alpha value is -0.790. The zero-order valence-corrected chi connectivity index (χ0v) is 5.30. The highest BCUT2D eigenvalue weighted by molar-refractivity contribution is 5.74. The van der Waals surface area contributed by atoms with Gasteiger partial charge in [0.15, 0.2) is 0 Å². The number of carbonyl (C=O) groups is 1. The number of esters is 1. The Morgan fingerprint density at radius 2 is 2.67 bits per heavy atom. The Morgan fingerprint density at radius 3 is 3.11 bits per heavy atom. The van der Waals surface area contributed by atoms with E-state index in [2.05, 4.69) is 6.58 Å². The largest absolute Gasteiger partial charge is 0.465 e. The van der Waals surface area contributed by atoms with Gasteiger partial charge in [-0.3, -0.25) is 4.79 Å². The third kappa shape index (κ3) is 1.31. The second-order valence-corrected chi connectivity index (χ2v) is 2.18. The summed E-state index contributed by atoms with van der Waals surface area (Å²) < 4.78 is 4.73. The van der Waals surface area contributed by atoms with Crippen LogP contribution < -0.4 is 0 Å². The first-order valence-electron chi connectivity index (χ1n) is 3.12. The van der Waals surface area contributed by atoms with Crippen LogP contribution in [0.3, 0.4) is 0 Å². The van der Waals surface area contributed by atoms with Crippen molar-refractivity contribution in [3.05, 3.63) is 12.7 Å². The van der Waals surface area contributed by atoms with Gasteiger partial charge < -0.3 is 4.74 Å². The minimum atomic E-state index is -0.0603. The van der Waals surface area contributed by atoms with Gasteiger partial charge in [-0.1, -0.05) is 6.08 Å². The van der Waals surface area contributed by atoms with Crippen molar-refractivity contribution in [3.63, 3.8) is 0 Å². The number of hydrogen-bond donors (Lipinski definition) is 0. The second kappa shape index (κ2) is 2.67. The first kappa shape index (κ1) is 6.33. The summed E-state index contributed by atoms with van der Waals surface area (Å²) in [6, 6.07) is 0. The van der Waals surface area contributed by atoms with E-state index >= 15 is 0 Å². The first-order valence-corrected chi connectivity index (χ1v) is 3.12. The third-order valence-electron chi connectivity index (χ3n) is 1.50. The Kier molecular flexibility index (Phi) is 1.88. The van der Waals surface area contributed by atoms with Gasteiger partial charge in [-0.15, -0.1) is 6.58 Å². The average molecular weight is 126 g/mol. The Labute approximate surface area is 54.5 Å². The van der Waals surface area contributed by atoms with Crippen LogP contribution in [0.5, 0.6) is 0 Å². The van der Waals surface area contributed by atoms with Gasteiger partial charge in [0.25, 0.3) is 0 Å². The van der Waals surface area contributed by atoms with Gasteiger partial charge in [-0.2, -0.15) is 0 Å². The van der Waals surface area contributed by atoms with E-state index in [4.69, 9.17) is 4.74 Å². The molecule has 1 heterocycles. The Bertz CT molecular complexity index is 129. The molecule has 0 aromatic heterocycles. The van der Waals surface area contributed by atoms with Gasteiger partial charge in [-0.05, 0) is 12.8 Å². The molecule has 0 spiro atoms. The summed E-state index contributed by atoms with van der Waals surface area (Å²) in [7, 11) is 0. The predicted molar refractivity (Wildman–Crippen MR) is 33.9 cm³/mol. The molecule has 0 saturated carbocycles. The van der Waals surface area contributed by atoms with E-state index in [-0.39, 0.29) is 11.9 Å². The predicted octanol–water partition coefficient (Wildman–Crippen LogP) is 1.13. The molecule has 0 unspecified atom stereocenters. The molecule has 0 amide bonds. The molecule has 0 N–H and O–H groups in total. The highest BCUT2D eigenvalue weighted by atomic mass is 16.5. The lowest BCUT2D eigenvalue weighted by atomic mass is 10.1. The maximum Gasteiger partial charge on any atom is 0.309 e. The molecule has 0 aromatic rings. The number of carbonyl (C=O) groups excluding carboxylic acids is 1. The van der Waals surface area contributed by atoms with Gasteiger partial charge in [-0.25, -0.2) is 0 Å². The fourth-order valence-electron chi connectivity index (χ4n) is 0.953. The quantitative estimate of drug-likeness (QED) is 0.409. The van der Waals surface area contributed by atoms with Crippen LogP contribution in [0.15, 0.2) is 12.7 Å². The first-order chi connectivity index (χ1) is 4.34. The number of cyclic esters (lactones) is 1. The standard InChI is InChI=1S/C7H10O2/c1-2-3-6-4-5-9-7(6)8/h2,6H,1,3-5H2/t6-/m0/s1. The van der Waals surface area contributed by atoms with Crippen molar-refractivity contribution in [1.82, 2.24) is 0 Å². The molecule has 1 saturated heterocycles. The molecule has 1 atom stereocenters. The zero-order valence-electron chi connectivity index (χ0n) is 5.30. The number of hydrogen-bond acceptors (Lipinski definition) is 2. The molecule has 0 radical (unpaired) electrons. The fraction of sp³-hybridized carbons (Fsp3) is 0.571. The van der Waals surface area contributed by atoms with Crippen LogP contribution in [0.1, 0.15) is 12.8 Å². The number of ether oxygens (including phenoxy) is 1. The smallest absolute Gasteiger partial charge is 0.309 e. The van der Waals surface area contributed by atoms with Gasteiger partial charge >= 0.3 is 5.97 Å². The Morgan fingerprint density at radius 1 is 1.89 bits per heavy atom. The highest BCUT2D eigenvalue weighted by Crippen LogP contribution is 2.17. The van der Waals surface area contributed by atoms with Crippen LogP contribution in [0, 0.1) is 5.92 Å². The van der Waals surface area contributed by atoms with E-state index in [9.17, 15) is 4.79 Å². The second-order valence-electron chi connectivity index (χ2n) is 2.18. The summed E-state index contributed by atoms with van der Waals surface area (Å²) >= 11 is 0. The summed E-state index contributed by atoms with van der Waals surface area (Å²) in [6.45, 7) is 4.15. The van der Waals surface area contributed by atoms with E-state index < -0.39 is 0 Å². The van der Waals surface area contributed by atoms with Crippen LogP contribution >= 0.6 is 0 Å².